The SMILES string of the molecule is c1ccc(N(c2ccccc2)c2cc(-c3nc4ccccc4o3)nc(-c3cccc4ccccc34)n2)cc1. The van der Waals surface area contributed by atoms with Crippen molar-refractivity contribution in [3.63, 3.8) is 0 Å². The minimum absolute atomic E-state index is 0.456. The highest BCUT2D eigenvalue weighted by molar-refractivity contribution is 5.95. The Morgan fingerprint density at radius 2 is 1.21 bits per heavy atom. The second-order valence-electron chi connectivity index (χ2n) is 8.95. The van der Waals surface area contributed by atoms with Gasteiger partial charge < -0.3 is 4.42 Å². The molecule has 0 radical (unpaired) electrons. The van der Waals surface area contributed by atoms with Gasteiger partial charge in [-0.1, -0.05) is 91.0 Å². The van der Waals surface area contributed by atoms with Crippen LogP contribution >= 0.6 is 0 Å². The van der Waals surface area contributed by atoms with E-state index < -0.39 is 0 Å². The molecule has 0 N–H and O–H groups in total. The minimum Gasteiger partial charge on any atom is -0.435 e. The molecular formula is C33H22N4O. The highest BCUT2D eigenvalue weighted by Gasteiger charge is 2.20. The van der Waals surface area contributed by atoms with Crippen molar-refractivity contribution in [3.8, 4) is 23.0 Å². The Balaban J connectivity index is 1.50. The zero-order valence-corrected chi connectivity index (χ0v) is 20.4. The summed E-state index contributed by atoms with van der Waals surface area (Å²) in [7, 11) is 0. The minimum atomic E-state index is 0.456. The van der Waals surface area contributed by atoms with Gasteiger partial charge >= 0.3 is 0 Å². The van der Waals surface area contributed by atoms with Crippen LogP contribution in [0.3, 0.4) is 0 Å². The predicted molar refractivity (Wildman–Crippen MR) is 153 cm³/mol. The maximum absolute atomic E-state index is 6.16. The third kappa shape index (κ3) is 3.96. The van der Waals surface area contributed by atoms with Crippen molar-refractivity contribution in [3.05, 3.63) is 133 Å². The van der Waals surface area contributed by atoms with Crippen molar-refractivity contribution < 1.29 is 4.42 Å². The van der Waals surface area contributed by atoms with E-state index in [1.807, 2.05) is 84.9 Å². The first-order valence-electron chi connectivity index (χ1n) is 12.5. The van der Waals surface area contributed by atoms with Crippen LogP contribution < -0.4 is 4.90 Å². The Labute approximate surface area is 219 Å². The van der Waals surface area contributed by atoms with E-state index in [1.165, 1.54) is 0 Å². The maximum atomic E-state index is 6.16. The summed E-state index contributed by atoms with van der Waals surface area (Å²) in [5, 5.41) is 2.21. The normalized spacial score (nSPS) is 11.2. The monoisotopic (exact) mass is 490 g/mol. The Kier molecular flexibility index (Phi) is 5.37. The molecule has 0 fully saturated rings. The van der Waals surface area contributed by atoms with Gasteiger partial charge in [-0.15, -0.1) is 0 Å². The molecule has 0 saturated heterocycles. The first-order chi connectivity index (χ1) is 18.8. The zero-order valence-electron chi connectivity index (χ0n) is 20.4. The van der Waals surface area contributed by atoms with Crippen molar-refractivity contribution in [2.24, 2.45) is 0 Å². The number of nitrogens with zero attached hydrogens (tertiary/aromatic N) is 4. The molecule has 0 amide bonds. The van der Waals surface area contributed by atoms with Crippen LogP contribution in [0.25, 0.3) is 44.8 Å². The fourth-order valence-corrected chi connectivity index (χ4v) is 4.75. The molecule has 0 unspecified atom stereocenters. The van der Waals surface area contributed by atoms with E-state index in [2.05, 4.69) is 53.4 Å². The van der Waals surface area contributed by atoms with E-state index in [1.54, 1.807) is 0 Å². The summed E-state index contributed by atoms with van der Waals surface area (Å²) in [5.74, 6) is 1.78. The van der Waals surface area contributed by atoms with Crippen molar-refractivity contribution >= 4 is 39.1 Å². The van der Waals surface area contributed by atoms with Gasteiger partial charge in [0.2, 0.25) is 5.89 Å². The first-order valence-corrected chi connectivity index (χ1v) is 12.5. The third-order valence-electron chi connectivity index (χ3n) is 6.51. The zero-order chi connectivity index (χ0) is 25.3. The Bertz CT molecular complexity index is 1800. The number of anilines is 3. The topological polar surface area (TPSA) is 55.1 Å². The van der Waals surface area contributed by atoms with Gasteiger partial charge in [0.25, 0.3) is 0 Å². The molecule has 5 aromatic carbocycles. The molecule has 2 aromatic heterocycles. The first kappa shape index (κ1) is 21.9. The lowest BCUT2D eigenvalue weighted by Crippen LogP contribution is -2.12. The summed E-state index contributed by atoms with van der Waals surface area (Å²) < 4.78 is 6.16. The molecule has 5 heteroatoms. The fourth-order valence-electron chi connectivity index (χ4n) is 4.75. The average Bonchev–Trinajstić information content (AvgIpc) is 3.43. The van der Waals surface area contributed by atoms with Crippen LogP contribution in [0.4, 0.5) is 17.2 Å². The second-order valence-corrected chi connectivity index (χ2v) is 8.95. The molecule has 0 aliphatic heterocycles. The number of oxazole rings is 1. The lowest BCUT2D eigenvalue weighted by molar-refractivity contribution is 0.616. The van der Waals surface area contributed by atoms with Crippen LogP contribution in [0.5, 0.6) is 0 Å². The molecule has 7 rings (SSSR count). The van der Waals surface area contributed by atoms with Crippen LogP contribution in [-0.2, 0) is 0 Å². The summed E-state index contributed by atoms with van der Waals surface area (Å²) >= 11 is 0. The second kappa shape index (κ2) is 9.30. The van der Waals surface area contributed by atoms with Gasteiger partial charge in [0.05, 0.1) is 0 Å². The molecule has 0 spiro atoms. The molecule has 0 aliphatic carbocycles. The average molecular weight is 491 g/mol. The lowest BCUT2D eigenvalue weighted by atomic mass is 10.0. The van der Waals surface area contributed by atoms with Crippen molar-refractivity contribution in [1.29, 1.82) is 0 Å². The molecule has 0 saturated carbocycles. The quantitative estimate of drug-likeness (QED) is 0.242. The van der Waals surface area contributed by atoms with Crippen LogP contribution in [0.15, 0.2) is 138 Å². The maximum Gasteiger partial charge on any atom is 0.246 e. The van der Waals surface area contributed by atoms with Crippen molar-refractivity contribution in [2.45, 2.75) is 0 Å². The van der Waals surface area contributed by atoms with Crippen LogP contribution in [0, 0.1) is 0 Å². The number of fused-ring (bicyclic) bond motifs is 2. The molecule has 0 aliphatic rings. The van der Waals surface area contributed by atoms with E-state index >= 15 is 0 Å². The molecule has 0 bridgehead atoms. The van der Waals surface area contributed by atoms with E-state index in [0.717, 1.165) is 44.6 Å². The number of hydrogen-bond donors (Lipinski definition) is 0. The largest absolute Gasteiger partial charge is 0.435 e. The molecule has 38 heavy (non-hydrogen) atoms. The van der Waals surface area contributed by atoms with Gasteiger partial charge in [0, 0.05) is 23.0 Å². The van der Waals surface area contributed by atoms with Gasteiger partial charge in [-0.05, 0) is 47.2 Å². The Hall–Kier alpha value is -5.29. The molecular weight excluding hydrogens is 468 g/mol. The molecule has 180 valence electrons. The molecule has 5 nitrogen and oxygen atoms in total. The van der Waals surface area contributed by atoms with Gasteiger partial charge in [-0.25, -0.2) is 15.0 Å². The van der Waals surface area contributed by atoms with E-state index in [9.17, 15) is 0 Å². The predicted octanol–water partition coefficient (Wildman–Crippen LogP) is 8.57. The van der Waals surface area contributed by atoms with Gasteiger partial charge in [-0.2, -0.15) is 0 Å². The highest BCUT2D eigenvalue weighted by Crippen LogP contribution is 2.37. The van der Waals surface area contributed by atoms with Gasteiger partial charge in [0.15, 0.2) is 11.4 Å². The van der Waals surface area contributed by atoms with E-state index in [0.29, 0.717) is 17.4 Å². The summed E-state index contributed by atoms with van der Waals surface area (Å²) in [4.78, 5) is 17.0. The van der Waals surface area contributed by atoms with Gasteiger partial charge in [0.1, 0.15) is 17.0 Å². The van der Waals surface area contributed by atoms with Gasteiger partial charge in [-0.3, -0.25) is 4.90 Å². The molecule has 7 aromatic rings. The number of benzene rings is 5. The van der Waals surface area contributed by atoms with E-state index in [4.69, 9.17) is 19.4 Å². The molecule has 0 atom stereocenters. The lowest BCUT2D eigenvalue weighted by Gasteiger charge is -2.25. The summed E-state index contributed by atoms with van der Waals surface area (Å²) in [6.45, 7) is 0. The number of rotatable bonds is 5. The van der Waals surface area contributed by atoms with Crippen LogP contribution in [0.2, 0.25) is 0 Å². The standard InChI is InChI=1S/C33H22N4O/c1-3-14-24(15-4-1)37(25-16-5-2-6-17-25)31-22-29(33-35-28-20-9-10-21-30(28)38-33)34-32(36-31)27-19-11-13-23-12-7-8-18-26(23)27/h1-22H. The highest BCUT2D eigenvalue weighted by atomic mass is 16.3. The number of aromatic nitrogens is 3. The van der Waals surface area contributed by atoms with Crippen molar-refractivity contribution in [1.82, 2.24) is 15.0 Å². The van der Waals surface area contributed by atoms with Crippen molar-refractivity contribution in [2.75, 3.05) is 4.90 Å². The third-order valence-corrected chi connectivity index (χ3v) is 6.51. The Morgan fingerprint density at radius 3 is 1.97 bits per heavy atom. The van der Waals surface area contributed by atoms with E-state index in [-0.39, 0.29) is 0 Å². The summed E-state index contributed by atoms with van der Waals surface area (Å²) in [6, 6.07) is 44.6. The van der Waals surface area contributed by atoms with Crippen LogP contribution in [-0.4, -0.2) is 15.0 Å². The Morgan fingerprint density at radius 1 is 0.553 bits per heavy atom. The summed E-state index contributed by atoms with van der Waals surface area (Å²) in [5.41, 5.74) is 5.05. The smallest absolute Gasteiger partial charge is 0.246 e. The number of para-hydroxylation sites is 4. The van der Waals surface area contributed by atoms with Crippen LogP contribution in [0.1, 0.15) is 0 Å². The number of hydrogen-bond acceptors (Lipinski definition) is 5. The fraction of sp³-hybridized carbons (Fsp3) is 0. The summed E-state index contributed by atoms with van der Waals surface area (Å²) in [6.07, 6.45) is 0. The molecule has 2 heterocycles.